The van der Waals surface area contributed by atoms with Crippen molar-refractivity contribution in [1.29, 1.82) is 0 Å². The lowest BCUT2D eigenvalue weighted by Crippen LogP contribution is -2.30. The van der Waals surface area contributed by atoms with Crippen molar-refractivity contribution in [2.75, 3.05) is 6.54 Å². The molecule has 28 heavy (non-hydrogen) atoms. The predicted molar refractivity (Wildman–Crippen MR) is 113 cm³/mol. The number of rotatable bonds is 6. The predicted octanol–water partition coefficient (Wildman–Crippen LogP) is 3.59. The second kappa shape index (κ2) is 8.53. The third-order valence-corrected chi connectivity index (χ3v) is 5.61. The highest BCUT2D eigenvalue weighted by Crippen LogP contribution is 2.31. The molecule has 0 bridgehead atoms. The number of thioether (sulfide) groups is 1. The van der Waals surface area contributed by atoms with E-state index in [1.807, 2.05) is 19.1 Å². The van der Waals surface area contributed by atoms with Crippen LogP contribution in [0.2, 0.25) is 0 Å². The van der Waals surface area contributed by atoms with Gasteiger partial charge in [-0.05, 0) is 36.3 Å². The van der Waals surface area contributed by atoms with Crippen LogP contribution < -0.4 is 5.43 Å². The molecule has 1 aromatic heterocycles. The number of carbonyl (C=O) groups excluding carboxylic acids is 1. The summed E-state index contributed by atoms with van der Waals surface area (Å²) in [7, 11) is 0. The molecule has 0 unspecified atom stereocenters. The number of aryl methyl sites for hydroxylation is 1. The van der Waals surface area contributed by atoms with Crippen molar-refractivity contribution in [3.05, 3.63) is 62.9 Å². The van der Waals surface area contributed by atoms with Gasteiger partial charge in [-0.1, -0.05) is 43.0 Å². The number of carbonyl (C=O) groups is 2. The van der Waals surface area contributed by atoms with Crippen molar-refractivity contribution in [3.8, 4) is 0 Å². The van der Waals surface area contributed by atoms with E-state index in [-0.39, 0.29) is 24.3 Å². The van der Waals surface area contributed by atoms with Gasteiger partial charge in [0.05, 0.1) is 22.3 Å². The maximum absolute atomic E-state index is 12.7. The zero-order valence-electron chi connectivity index (χ0n) is 15.0. The van der Waals surface area contributed by atoms with Crippen LogP contribution in [0.25, 0.3) is 17.0 Å². The average molecular weight is 415 g/mol. The minimum Gasteiger partial charge on any atom is -0.481 e. The lowest BCUT2D eigenvalue weighted by molar-refractivity contribution is -0.137. The fourth-order valence-electron chi connectivity index (χ4n) is 2.68. The first-order valence-electron chi connectivity index (χ1n) is 8.59. The lowest BCUT2D eigenvalue weighted by Gasteiger charge is -2.12. The Hall–Kier alpha value is -2.71. The number of amides is 1. The van der Waals surface area contributed by atoms with Gasteiger partial charge in [-0.25, -0.2) is 0 Å². The summed E-state index contributed by atoms with van der Waals surface area (Å²) in [6.45, 7) is 2.05. The molecule has 2 heterocycles. The van der Waals surface area contributed by atoms with Crippen LogP contribution >= 0.6 is 24.0 Å². The second-order valence-electron chi connectivity index (χ2n) is 6.06. The number of nitrogens with zero attached hydrogens (tertiary/aromatic N) is 1. The molecule has 6 nitrogen and oxygen atoms in total. The normalized spacial score (nSPS) is 16.0. The Morgan fingerprint density at radius 3 is 2.86 bits per heavy atom. The second-order valence-corrected chi connectivity index (χ2v) is 7.74. The highest BCUT2D eigenvalue weighted by molar-refractivity contribution is 8.26. The molecule has 1 aliphatic rings. The Morgan fingerprint density at radius 1 is 1.36 bits per heavy atom. The van der Waals surface area contributed by atoms with Crippen LogP contribution in [0.4, 0.5) is 0 Å². The lowest BCUT2D eigenvalue weighted by atomic mass is 10.1. The summed E-state index contributed by atoms with van der Waals surface area (Å²) in [5.41, 5.74) is 1.80. The van der Waals surface area contributed by atoms with Gasteiger partial charge in [-0.3, -0.25) is 19.3 Å². The summed E-state index contributed by atoms with van der Waals surface area (Å²) >= 11 is 6.24. The van der Waals surface area contributed by atoms with Crippen LogP contribution in [-0.4, -0.2) is 32.7 Å². The Kier molecular flexibility index (Phi) is 6.11. The van der Waals surface area contributed by atoms with Crippen molar-refractivity contribution >= 4 is 57.2 Å². The van der Waals surface area contributed by atoms with Gasteiger partial charge in [-0.2, -0.15) is 0 Å². The van der Waals surface area contributed by atoms with Gasteiger partial charge in [0.2, 0.25) is 0 Å². The Bertz CT molecular complexity index is 1080. The van der Waals surface area contributed by atoms with Gasteiger partial charge in [0.25, 0.3) is 5.91 Å². The van der Waals surface area contributed by atoms with Gasteiger partial charge in [-0.15, -0.1) is 0 Å². The Labute approximate surface area is 170 Å². The number of hydrogen-bond acceptors (Lipinski definition) is 6. The first-order chi connectivity index (χ1) is 13.4. The van der Waals surface area contributed by atoms with Crippen molar-refractivity contribution in [1.82, 2.24) is 4.90 Å². The molecule has 0 atom stereocenters. The van der Waals surface area contributed by atoms with E-state index in [1.54, 1.807) is 24.3 Å². The van der Waals surface area contributed by atoms with Crippen LogP contribution in [0.3, 0.4) is 0 Å². The average Bonchev–Trinajstić information content (AvgIpc) is 2.94. The molecule has 1 fully saturated rings. The monoisotopic (exact) mass is 415 g/mol. The van der Waals surface area contributed by atoms with E-state index < -0.39 is 5.97 Å². The maximum Gasteiger partial charge on any atom is 0.305 e. The largest absolute Gasteiger partial charge is 0.481 e. The van der Waals surface area contributed by atoms with Gasteiger partial charge in [0, 0.05) is 6.54 Å². The molecule has 1 saturated heterocycles. The molecule has 1 N–H and O–H groups in total. The number of fused-ring (bicyclic) bond motifs is 1. The van der Waals surface area contributed by atoms with Crippen molar-refractivity contribution < 1.29 is 19.1 Å². The van der Waals surface area contributed by atoms with E-state index in [0.29, 0.717) is 25.8 Å². The van der Waals surface area contributed by atoms with Crippen LogP contribution in [0.5, 0.6) is 0 Å². The standard InChI is InChI=1S/C20H17NO5S2/c1-2-12-6-7-15-14(10-12)18(24)13(11-26-15)4-3-5-16-19(25)21(20(27)28-16)9-8-17(22)23/h3-7,10-11H,2,8-9H2,1H3,(H,22,23). The smallest absolute Gasteiger partial charge is 0.305 e. The maximum atomic E-state index is 12.7. The third kappa shape index (κ3) is 4.23. The van der Waals surface area contributed by atoms with Crippen LogP contribution in [0.15, 0.2) is 50.7 Å². The molecule has 2 aromatic rings. The van der Waals surface area contributed by atoms with Crippen molar-refractivity contribution in [2.45, 2.75) is 19.8 Å². The van der Waals surface area contributed by atoms with E-state index in [0.717, 1.165) is 23.7 Å². The van der Waals surface area contributed by atoms with E-state index >= 15 is 0 Å². The first kappa shape index (κ1) is 20.0. The number of carboxylic acids is 1. The summed E-state index contributed by atoms with van der Waals surface area (Å²) in [6, 6.07) is 5.53. The molecule has 8 heteroatoms. The van der Waals surface area contributed by atoms with Gasteiger partial charge in [0.15, 0.2) is 5.43 Å². The topological polar surface area (TPSA) is 87.8 Å². The number of thiocarbonyl (C=S) groups is 1. The molecule has 1 amide bonds. The third-order valence-electron chi connectivity index (χ3n) is 4.22. The molecule has 0 saturated carbocycles. The minimum absolute atomic E-state index is 0.0368. The molecular formula is C20H17NO5S2. The highest BCUT2D eigenvalue weighted by Gasteiger charge is 2.31. The summed E-state index contributed by atoms with van der Waals surface area (Å²) in [5, 5.41) is 9.28. The van der Waals surface area contributed by atoms with Gasteiger partial charge >= 0.3 is 5.97 Å². The van der Waals surface area contributed by atoms with Crippen LogP contribution in [0, 0.1) is 0 Å². The Balaban J connectivity index is 1.81. The molecule has 0 aliphatic carbocycles. The Morgan fingerprint density at radius 2 is 2.14 bits per heavy atom. The number of benzene rings is 1. The van der Waals surface area contributed by atoms with E-state index in [9.17, 15) is 14.4 Å². The summed E-state index contributed by atoms with van der Waals surface area (Å²) in [5.74, 6) is -1.33. The fourth-order valence-corrected chi connectivity index (χ4v) is 3.94. The first-order valence-corrected chi connectivity index (χ1v) is 9.81. The highest BCUT2D eigenvalue weighted by atomic mass is 32.2. The number of allylic oxidation sites excluding steroid dienone is 2. The number of carboxylic acid groups (broad SMARTS) is 1. The molecule has 3 rings (SSSR count). The number of aliphatic carboxylic acids is 1. The molecule has 144 valence electrons. The number of hydrogen-bond donors (Lipinski definition) is 1. The van der Waals surface area contributed by atoms with E-state index in [1.165, 1.54) is 11.2 Å². The molecule has 1 aromatic carbocycles. The van der Waals surface area contributed by atoms with Gasteiger partial charge < -0.3 is 9.52 Å². The minimum atomic E-state index is -0.993. The zero-order valence-corrected chi connectivity index (χ0v) is 16.6. The molecule has 0 spiro atoms. The fraction of sp³-hybridized carbons (Fsp3) is 0.200. The summed E-state index contributed by atoms with van der Waals surface area (Å²) in [6.07, 6.45) is 6.76. The quantitative estimate of drug-likeness (QED) is 0.570. The molecular weight excluding hydrogens is 398 g/mol. The van der Waals surface area contributed by atoms with Gasteiger partial charge in [0.1, 0.15) is 16.2 Å². The van der Waals surface area contributed by atoms with Crippen LogP contribution in [-0.2, 0) is 16.0 Å². The summed E-state index contributed by atoms with van der Waals surface area (Å²) in [4.78, 5) is 37.3. The molecule has 1 aliphatic heterocycles. The van der Waals surface area contributed by atoms with Crippen molar-refractivity contribution in [3.63, 3.8) is 0 Å². The zero-order chi connectivity index (χ0) is 20.3. The van der Waals surface area contributed by atoms with Crippen molar-refractivity contribution in [2.24, 2.45) is 0 Å². The molecule has 0 radical (unpaired) electrons. The summed E-state index contributed by atoms with van der Waals surface area (Å²) < 4.78 is 5.85. The van der Waals surface area contributed by atoms with E-state index in [4.69, 9.17) is 21.7 Å². The van der Waals surface area contributed by atoms with Crippen LogP contribution in [0.1, 0.15) is 24.5 Å². The SMILES string of the molecule is CCc1ccc2occ(C=CC=C3SC(=S)N(CCC(=O)O)C3=O)c(=O)c2c1. The van der Waals surface area contributed by atoms with E-state index in [2.05, 4.69) is 0 Å².